The fourth-order valence-corrected chi connectivity index (χ4v) is 13.3. The first-order valence-corrected chi connectivity index (χ1v) is 33.6. The SMILES string of the molecule is C/C(=C(/c1ccccc1)c1nc(/C(=C(\C)c2ccccc2)c2ccccc2)nc(/C(=C(\c2ccccc2)c2cc(/C(=C(/c3ccccc3)c3nc(C)nc(C)n3)c3ccccc3)cc(/C(=C(/c3ccccc3)c3nc(C)nc(C)n3)c3ccccc3)c2)c2ccccc2)n1)c1ccccc1. The highest BCUT2D eigenvalue weighted by Crippen LogP contribution is 2.46. The highest BCUT2D eigenvalue weighted by molar-refractivity contribution is 6.10. The van der Waals surface area contributed by atoms with E-state index >= 15 is 0 Å². The molecule has 0 radical (unpaired) electrons. The van der Waals surface area contributed by atoms with Crippen LogP contribution in [-0.2, 0) is 0 Å². The molecule has 3 aromatic heterocycles. The highest BCUT2D eigenvalue weighted by atomic mass is 15.0. The first-order chi connectivity index (χ1) is 49.1. The lowest BCUT2D eigenvalue weighted by Gasteiger charge is -2.24. The summed E-state index contributed by atoms with van der Waals surface area (Å²) in [5, 5.41) is 0. The van der Waals surface area contributed by atoms with Crippen LogP contribution >= 0.6 is 0 Å². The van der Waals surface area contributed by atoms with E-state index in [4.69, 9.17) is 44.9 Å². The van der Waals surface area contributed by atoms with Crippen LogP contribution in [0.1, 0.15) is 139 Å². The van der Waals surface area contributed by atoms with Crippen molar-refractivity contribution in [3.8, 4) is 0 Å². The Morgan fingerprint density at radius 2 is 0.320 bits per heavy atom. The van der Waals surface area contributed by atoms with E-state index < -0.39 is 0 Å². The summed E-state index contributed by atoms with van der Waals surface area (Å²) in [5.74, 6) is 4.97. The molecule has 3 heterocycles. The fourth-order valence-electron chi connectivity index (χ4n) is 13.3. The zero-order valence-electron chi connectivity index (χ0n) is 56.6. The van der Waals surface area contributed by atoms with Crippen molar-refractivity contribution in [2.24, 2.45) is 0 Å². The van der Waals surface area contributed by atoms with Crippen LogP contribution in [-0.4, -0.2) is 44.9 Å². The van der Waals surface area contributed by atoms with E-state index in [0.717, 1.165) is 128 Å². The second-order valence-corrected chi connectivity index (χ2v) is 24.5. The van der Waals surface area contributed by atoms with Crippen LogP contribution < -0.4 is 0 Å². The van der Waals surface area contributed by atoms with E-state index in [1.807, 2.05) is 52.0 Å². The maximum atomic E-state index is 5.95. The number of benzene rings is 11. The van der Waals surface area contributed by atoms with E-state index in [9.17, 15) is 0 Å². The maximum Gasteiger partial charge on any atom is 0.165 e. The second kappa shape index (κ2) is 29.6. The minimum absolute atomic E-state index is 0.459. The third-order valence-corrected chi connectivity index (χ3v) is 17.7. The van der Waals surface area contributed by atoms with Gasteiger partial charge in [0, 0.05) is 44.6 Å². The molecular formula is C91H71N9. The molecule has 480 valence electrons. The topological polar surface area (TPSA) is 116 Å². The molecule has 9 heteroatoms. The first kappa shape index (κ1) is 64.5. The molecule has 0 N–H and O–H groups in total. The van der Waals surface area contributed by atoms with E-state index in [0.29, 0.717) is 52.4 Å². The Kier molecular flexibility index (Phi) is 19.1. The van der Waals surface area contributed by atoms with Crippen molar-refractivity contribution < 1.29 is 0 Å². The molecule has 0 fully saturated rings. The molecule has 0 bridgehead atoms. The molecule has 0 aliphatic heterocycles. The van der Waals surface area contributed by atoms with Gasteiger partial charge in [-0.3, -0.25) is 0 Å². The molecule has 0 atom stereocenters. The highest BCUT2D eigenvalue weighted by Gasteiger charge is 2.29. The van der Waals surface area contributed by atoms with Gasteiger partial charge in [-0.2, -0.15) is 0 Å². The van der Waals surface area contributed by atoms with Crippen LogP contribution in [0.15, 0.2) is 322 Å². The van der Waals surface area contributed by atoms with Crippen LogP contribution in [0.4, 0.5) is 0 Å². The molecule has 14 rings (SSSR count). The summed E-state index contributed by atoms with van der Waals surface area (Å²) in [6.07, 6.45) is 0. The quantitative estimate of drug-likeness (QED) is 0.0774. The molecule has 0 saturated carbocycles. The molecule has 14 aromatic rings. The number of hydrogen-bond acceptors (Lipinski definition) is 9. The van der Waals surface area contributed by atoms with E-state index in [2.05, 4.69) is 311 Å². The Labute approximate surface area is 585 Å². The van der Waals surface area contributed by atoms with Gasteiger partial charge in [0.2, 0.25) is 0 Å². The Morgan fingerprint density at radius 1 is 0.160 bits per heavy atom. The summed E-state index contributed by atoms with van der Waals surface area (Å²) >= 11 is 0. The van der Waals surface area contributed by atoms with Gasteiger partial charge < -0.3 is 0 Å². The van der Waals surface area contributed by atoms with Crippen LogP contribution in [0.25, 0.3) is 55.7 Å². The minimum Gasteiger partial charge on any atom is -0.219 e. The summed E-state index contributed by atoms with van der Waals surface area (Å²) in [6.45, 7) is 12.1. The molecule has 0 unspecified atom stereocenters. The normalized spacial score (nSPS) is 12.7. The Hall–Kier alpha value is -12.9. The molecule has 11 aromatic carbocycles. The number of aromatic nitrogens is 9. The fraction of sp³-hybridized carbons (Fsp3) is 0.0659. The van der Waals surface area contributed by atoms with Crippen molar-refractivity contribution in [2.45, 2.75) is 41.5 Å². The lowest BCUT2D eigenvalue weighted by Crippen LogP contribution is -2.12. The number of allylic oxidation sites excluding steroid dienone is 2. The Bertz CT molecular complexity index is 5070. The van der Waals surface area contributed by atoms with Gasteiger partial charge in [0.05, 0.1) is 0 Å². The molecular weight excluding hydrogens is 1220 g/mol. The van der Waals surface area contributed by atoms with Gasteiger partial charge >= 0.3 is 0 Å². The summed E-state index contributed by atoms with van der Waals surface area (Å²) in [4.78, 5) is 48.1. The summed E-state index contributed by atoms with van der Waals surface area (Å²) < 4.78 is 0. The van der Waals surface area contributed by atoms with Gasteiger partial charge in [-0.05, 0) is 143 Å². The van der Waals surface area contributed by atoms with Crippen LogP contribution in [0.2, 0.25) is 0 Å². The van der Waals surface area contributed by atoms with Crippen LogP contribution in [0, 0.1) is 27.7 Å². The van der Waals surface area contributed by atoms with Gasteiger partial charge in [-0.25, -0.2) is 44.9 Å². The molecule has 9 nitrogen and oxygen atoms in total. The zero-order chi connectivity index (χ0) is 68.3. The maximum absolute atomic E-state index is 5.95. The first-order valence-electron chi connectivity index (χ1n) is 33.6. The van der Waals surface area contributed by atoms with Gasteiger partial charge in [0.1, 0.15) is 23.3 Å². The summed E-state index contributed by atoms with van der Waals surface area (Å²) in [5.41, 5.74) is 20.9. The molecule has 0 aliphatic rings. The van der Waals surface area contributed by atoms with Gasteiger partial charge in [-0.15, -0.1) is 0 Å². The van der Waals surface area contributed by atoms with Crippen molar-refractivity contribution in [3.63, 3.8) is 0 Å². The Balaban J connectivity index is 1.22. The average Bonchev–Trinajstić information content (AvgIpc) is 0.752. The van der Waals surface area contributed by atoms with Crippen molar-refractivity contribution in [1.29, 1.82) is 0 Å². The minimum atomic E-state index is 0.459. The van der Waals surface area contributed by atoms with Gasteiger partial charge in [-0.1, -0.05) is 303 Å². The van der Waals surface area contributed by atoms with Crippen molar-refractivity contribution in [3.05, 3.63) is 446 Å². The van der Waals surface area contributed by atoms with Crippen molar-refractivity contribution in [2.75, 3.05) is 0 Å². The molecule has 100 heavy (non-hydrogen) atoms. The van der Waals surface area contributed by atoms with E-state index in [-0.39, 0.29) is 0 Å². The molecule has 0 saturated heterocycles. The largest absolute Gasteiger partial charge is 0.219 e. The van der Waals surface area contributed by atoms with Gasteiger partial charge in [0.15, 0.2) is 29.1 Å². The lowest BCUT2D eigenvalue weighted by molar-refractivity contribution is 0.902. The number of nitrogens with zero attached hydrogens (tertiary/aromatic N) is 9. The molecule has 0 aliphatic carbocycles. The van der Waals surface area contributed by atoms with E-state index in [1.165, 1.54) is 0 Å². The Morgan fingerprint density at radius 3 is 0.530 bits per heavy atom. The van der Waals surface area contributed by atoms with Crippen LogP contribution in [0.3, 0.4) is 0 Å². The predicted molar refractivity (Wildman–Crippen MR) is 408 cm³/mol. The van der Waals surface area contributed by atoms with Crippen molar-refractivity contribution in [1.82, 2.24) is 44.9 Å². The smallest absolute Gasteiger partial charge is 0.165 e. The number of rotatable bonds is 18. The molecule has 0 spiro atoms. The molecule has 0 amide bonds. The number of aryl methyl sites for hydroxylation is 4. The number of hydrogen-bond donors (Lipinski definition) is 0. The monoisotopic (exact) mass is 1290 g/mol. The van der Waals surface area contributed by atoms with Gasteiger partial charge in [0.25, 0.3) is 0 Å². The second-order valence-electron chi connectivity index (χ2n) is 24.5. The third kappa shape index (κ3) is 14.1. The van der Waals surface area contributed by atoms with E-state index in [1.54, 1.807) is 0 Å². The standard InChI is InChI=1S/C91H71N9/c1-60(66-37-17-7-18-38-66)79(68-41-21-9-22-42-68)87-98-88(80(69-43-23-10-24-44-69)61(2)67-39-19-8-20-40-67)100-91(99-87)86(75-55-35-16-36-56-75)83(72-49-29-13-30-50-72)78-58-76(81(70-45-25-11-26-46-70)84(73-51-31-14-32-52-73)89-94-62(3)92-63(4)95-89)57-77(59-78)82(71-47-27-12-28-48-71)85(74-53-33-15-34-54-74)90-96-64(5)93-65(6)97-90/h7-59H,1-6H3/b79-60+,80-61+,84-81-,85-82-,86-83+. The zero-order valence-corrected chi connectivity index (χ0v) is 56.6. The summed E-state index contributed by atoms with van der Waals surface area (Å²) in [6, 6.07) is 112. The average molecular weight is 1290 g/mol. The third-order valence-electron chi connectivity index (χ3n) is 17.7. The lowest BCUT2D eigenvalue weighted by atomic mass is 9.81. The van der Waals surface area contributed by atoms with Crippen molar-refractivity contribution >= 4 is 55.7 Å². The summed E-state index contributed by atoms with van der Waals surface area (Å²) in [7, 11) is 0. The predicted octanol–water partition coefficient (Wildman–Crippen LogP) is 20.5. The van der Waals surface area contributed by atoms with Crippen LogP contribution in [0.5, 0.6) is 0 Å².